The highest BCUT2D eigenvalue weighted by Crippen LogP contribution is 2.22. The highest BCUT2D eigenvalue weighted by atomic mass is 35.5. The average Bonchev–Trinajstić information content (AvgIpc) is 2.84. The molecule has 1 saturated heterocycles. The van der Waals surface area contributed by atoms with E-state index in [4.69, 9.17) is 17.3 Å². The molecule has 0 spiro atoms. The van der Waals surface area contributed by atoms with Crippen molar-refractivity contribution >= 4 is 33.1 Å². The predicted octanol–water partition coefficient (Wildman–Crippen LogP) is 1.59. The molecule has 1 atom stereocenters. The molecular formula is C12H20ClN3O2S2. The van der Waals surface area contributed by atoms with E-state index in [0.717, 1.165) is 28.5 Å². The number of nitrogens with zero attached hydrogens (tertiary/aromatic N) is 1. The first-order valence-electron chi connectivity index (χ1n) is 6.73. The van der Waals surface area contributed by atoms with Crippen molar-refractivity contribution in [1.82, 2.24) is 9.03 Å². The molecule has 114 valence electrons. The molecule has 2 rings (SSSR count). The van der Waals surface area contributed by atoms with E-state index in [1.807, 2.05) is 12.1 Å². The third-order valence-corrected chi connectivity index (χ3v) is 6.40. The van der Waals surface area contributed by atoms with Gasteiger partial charge < -0.3 is 5.73 Å². The van der Waals surface area contributed by atoms with E-state index < -0.39 is 10.2 Å². The molecule has 1 unspecified atom stereocenters. The first-order valence-corrected chi connectivity index (χ1v) is 9.37. The van der Waals surface area contributed by atoms with Crippen LogP contribution in [-0.4, -0.2) is 38.4 Å². The molecule has 8 heteroatoms. The maximum Gasteiger partial charge on any atom is 0.279 e. The van der Waals surface area contributed by atoms with E-state index in [1.165, 1.54) is 15.6 Å². The topological polar surface area (TPSA) is 75.4 Å². The van der Waals surface area contributed by atoms with Crippen LogP contribution in [0.15, 0.2) is 12.1 Å². The van der Waals surface area contributed by atoms with Crippen LogP contribution in [0.4, 0.5) is 0 Å². The number of nitrogens with two attached hydrogens (primary N) is 1. The van der Waals surface area contributed by atoms with Gasteiger partial charge in [-0.05, 0) is 31.4 Å². The summed E-state index contributed by atoms with van der Waals surface area (Å²) in [6.45, 7) is 1.32. The second-order valence-corrected chi connectivity index (χ2v) is 8.36. The number of thiophene rings is 1. The van der Waals surface area contributed by atoms with Crippen molar-refractivity contribution in [2.24, 2.45) is 5.73 Å². The maximum absolute atomic E-state index is 12.3. The fourth-order valence-electron chi connectivity index (χ4n) is 2.40. The Labute approximate surface area is 129 Å². The first kappa shape index (κ1) is 16.2. The number of hydrogen-bond donors (Lipinski definition) is 2. The molecule has 1 aromatic heterocycles. The molecule has 5 nitrogen and oxygen atoms in total. The summed E-state index contributed by atoms with van der Waals surface area (Å²) >= 11 is 7.32. The van der Waals surface area contributed by atoms with Crippen LogP contribution in [0.25, 0.3) is 0 Å². The summed E-state index contributed by atoms with van der Waals surface area (Å²) in [6.07, 6.45) is 3.44. The minimum absolute atomic E-state index is 0.0718. The molecule has 0 amide bonds. The number of rotatable bonds is 6. The standard InChI is InChI=1S/C12H20ClN3O2S2/c13-12-5-4-11(19-12)6-7-15-20(17,18)16-8-2-1-3-10(16)9-14/h4-5,10,15H,1-3,6-9,14H2. The lowest BCUT2D eigenvalue weighted by atomic mass is 10.1. The Hall–Kier alpha value is -0.180. The van der Waals surface area contributed by atoms with Gasteiger partial charge in [0.15, 0.2) is 0 Å². The zero-order valence-corrected chi connectivity index (χ0v) is 13.6. The molecule has 3 N–H and O–H groups in total. The van der Waals surface area contributed by atoms with Crippen molar-refractivity contribution in [2.75, 3.05) is 19.6 Å². The summed E-state index contributed by atoms with van der Waals surface area (Å²) in [5.74, 6) is 0. The van der Waals surface area contributed by atoms with E-state index >= 15 is 0 Å². The van der Waals surface area contributed by atoms with Crippen LogP contribution in [0.5, 0.6) is 0 Å². The summed E-state index contributed by atoms with van der Waals surface area (Å²) in [7, 11) is -3.43. The second kappa shape index (κ2) is 7.20. The molecule has 0 radical (unpaired) electrons. The lowest BCUT2D eigenvalue weighted by Gasteiger charge is -2.33. The summed E-state index contributed by atoms with van der Waals surface area (Å²) in [5.41, 5.74) is 5.67. The van der Waals surface area contributed by atoms with Crippen LogP contribution >= 0.6 is 22.9 Å². The molecule has 2 heterocycles. The molecule has 0 aromatic carbocycles. The van der Waals surface area contributed by atoms with Gasteiger partial charge in [-0.1, -0.05) is 18.0 Å². The van der Waals surface area contributed by atoms with Gasteiger partial charge in [0, 0.05) is 30.6 Å². The summed E-state index contributed by atoms with van der Waals surface area (Å²) in [6, 6.07) is 3.67. The van der Waals surface area contributed by atoms with E-state index in [2.05, 4.69) is 4.72 Å². The monoisotopic (exact) mass is 337 g/mol. The van der Waals surface area contributed by atoms with Crippen LogP contribution in [0, 0.1) is 0 Å². The maximum atomic E-state index is 12.3. The van der Waals surface area contributed by atoms with Crippen molar-refractivity contribution in [3.05, 3.63) is 21.3 Å². The number of nitrogens with one attached hydrogen (secondary N) is 1. The van der Waals surface area contributed by atoms with Gasteiger partial charge >= 0.3 is 0 Å². The molecule has 0 aliphatic carbocycles. The van der Waals surface area contributed by atoms with Crippen molar-refractivity contribution < 1.29 is 8.42 Å². The molecule has 1 aromatic rings. The van der Waals surface area contributed by atoms with Gasteiger partial charge in [-0.25, -0.2) is 4.72 Å². The smallest absolute Gasteiger partial charge is 0.279 e. The normalized spacial score (nSPS) is 21.2. The second-order valence-electron chi connectivity index (χ2n) is 4.85. The van der Waals surface area contributed by atoms with Gasteiger partial charge in [0.25, 0.3) is 10.2 Å². The zero-order chi connectivity index (χ0) is 14.6. The molecule has 20 heavy (non-hydrogen) atoms. The quantitative estimate of drug-likeness (QED) is 0.827. The van der Waals surface area contributed by atoms with Crippen LogP contribution in [0.3, 0.4) is 0 Å². The van der Waals surface area contributed by atoms with Gasteiger partial charge in [-0.3, -0.25) is 0 Å². The van der Waals surface area contributed by atoms with Crippen LogP contribution in [0.2, 0.25) is 4.34 Å². The predicted molar refractivity (Wildman–Crippen MR) is 83.4 cm³/mol. The van der Waals surface area contributed by atoms with Gasteiger partial charge in [0.2, 0.25) is 0 Å². The SMILES string of the molecule is NCC1CCCCN1S(=O)(=O)NCCc1ccc(Cl)s1. The van der Waals surface area contributed by atoms with E-state index in [0.29, 0.717) is 26.1 Å². The van der Waals surface area contributed by atoms with Gasteiger partial charge in [-0.15, -0.1) is 11.3 Å². The molecule has 1 fully saturated rings. The van der Waals surface area contributed by atoms with Crippen LogP contribution in [-0.2, 0) is 16.6 Å². The number of hydrogen-bond acceptors (Lipinski definition) is 4. The van der Waals surface area contributed by atoms with Crippen molar-refractivity contribution in [2.45, 2.75) is 31.7 Å². The Morgan fingerprint density at radius 3 is 2.90 bits per heavy atom. The molecule has 0 saturated carbocycles. The Kier molecular flexibility index (Phi) is 5.83. The minimum atomic E-state index is -3.43. The molecule has 1 aliphatic rings. The van der Waals surface area contributed by atoms with Crippen LogP contribution < -0.4 is 10.5 Å². The fourth-order valence-corrected chi connectivity index (χ4v) is 4.96. The fraction of sp³-hybridized carbons (Fsp3) is 0.667. The summed E-state index contributed by atoms with van der Waals surface area (Å²) < 4.78 is 29.5. The van der Waals surface area contributed by atoms with E-state index in [9.17, 15) is 8.42 Å². The molecular weight excluding hydrogens is 318 g/mol. The Morgan fingerprint density at radius 2 is 2.25 bits per heavy atom. The van der Waals surface area contributed by atoms with Crippen molar-refractivity contribution in [1.29, 1.82) is 0 Å². The van der Waals surface area contributed by atoms with Gasteiger partial charge in [0.05, 0.1) is 4.34 Å². The largest absolute Gasteiger partial charge is 0.329 e. The zero-order valence-electron chi connectivity index (χ0n) is 11.2. The Bertz CT molecular complexity index is 533. The summed E-state index contributed by atoms with van der Waals surface area (Å²) in [5, 5.41) is 0. The van der Waals surface area contributed by atoms with Gasteiger partial charge in [-0.2, -0.15) is 12.7 Å². The van der Waals surface area contributed by atoms with E-state index in [-0.39, 0.29) is 6.04 Å². The third kappa shape index (κ3) is 4.16. The lowest BCUT2D eigenvalue weighted by Crippen LogP contribution is -2.51. The highest BCUT2D eigenvalue weighted by molar-refractivity contribution is 7.87. The number of halogens is 1. The molecule has 0 bridgehead atoms. The minimum Gasteiger partial charge on any atom is -0.329 e. The van der Waals surface area contributed by atoms with Crippen molar-refractivity contribution in [3.63, 3.8) is 0 Å². The molecule has 1 aliphatic heterocycles. The Balaban J connectivity index is 1.89. The van der Waals surface area contributed by atoms with Crippen molar-refractivity contribution in [3.8, 4) is 0 Å². The highest BCUT2D eigenvalue weighted by Gasteiger charge is 2.30. The number of piperidine rings is 1. The Morgan fingerprint density at radius 1 is 1.45 bits per heavy atom. The van der Waals surface area contributed by atoms with E-state index in [1.54, 1.807) is 0 Å². The first-order chi connectivity index (χ1) is 9.53. The third-order valence-electron chi connectivity index (χ3n) is 3.44. The average molecular weight is 338 g/mol. The van der Waals surface area contributed by atoms with Crippen LogP contribution in [0.1, 0.15) is 24.1 Å². The lowest BCUT2D eigenvalue weighted by molar-refractivity contribution is 0.254. The summed E-state index contributed by atoms with van der Waals surface area (Å²) in [4.78, 5) is 1.08. The van der Waals surface area contributed by atoms with Gasteiger partial charge in [0.1, 0.15) is 0 Å².